The Hall–Kier alpha value is 0.330. The zero-order chi connectivity index (χ0) is 10.6. The smallest absolute Gasteiger partial charge is 0.164 e. The Morgan fingerprint density at radius 2 is 2.00 bits per heavy atom. The summed E-state index contributed by atoms with van der Waals surface area (Å²) in [7, 11) is 0. The summed E-state index contributed by atoms with van der Waals surface area (Å²) in [5.74, 6) is 0.178. The van der Waals surface area contributed by atoms with E-state index in [-0.39, 0.29) is 5.78 Å². The van der Waals surface area contributed by atoms with Gasteiger partial charge in [0.1, 0.15) is 0 Å². The molecular weight excluding hydrogens is 376 g/mol. The summed E-state index contributed by atoms with van der Waals surface area (Å²) < 4.78 is 0.981. The Labute approximate surface area is 109 Å². The zero-order valence-corrected chi connectivity index (χ0v) is 12.2. The van der Waals surface area contributed by atoms with Gasteiger partial charge in [0.05, 0.1) is 0 Å². The van der Waals surface area contributed by atoms with E-state index in [0.29, 0.717) is 17.1 Å². The van der Waals surface area contributed by atoms with Crippen molar-refractivity contribution >= 4 is 53.6 Å². The molecule has 76 valence electrons. The molecule has 1 aromatic rings. The molecule has 0 spiro atoms. The number of hydrogen-bond donors (Lipinski definition) is 0. The third-order valence-electron chi connectivity index (χ3n) is 1.87. The van der Waals surface area contributed by atoms with Gasteiger partial charge in [-0.1, -0.05) is 59.9 Å². The second kappa shape index (κ2) is 6.03. The molecular formula is C10H9Br3O. The molecule has 1 aromatic carbocycles. The number of benzene rings is 1. The largest absolute Gasteiger partial charge is 0.294 e. The molecule has 0 aromatic heterocycles. The summed E-state index contributed by atoms with van der Waals surface area (Å²) in [5.41, 5.74) is 1.83. The van der Waals surface area contributed by atoms with E-state index in [0.717, 1.165) is 15.6 Å². The lowest BCUT2D eigenvalue weighted by Gasteiger charge is -2.07. The molecule has 0 aliphatic heterocycles. The molecule has 0 atom stereocenters. The molecule has 1 nitrogen and oxygen atoms in total. The number of hydrogen-bond acceptors (Lipinski definition) is 1. The van der Waals surface area contributed by atoms with E-state index >= 15 is 0 Å². The summed E-state index contributed by atoms with van der Waals surface area (Å²) in [4.78, 5) is 11.7. The van der Waals surface area contributed by atoms with Crippen LogP contribution in [0.25, 0.3) is 0 Å². The number of alkyl halides is 2. The van der Waals surface area contributed by atoms with Gasteiger partial charge in [-0.05, 0) is 11.6 Å². The highest BCUT2D eigenvalue weighted by atomic mass is 79.9. The molecule has 4 heteroatoms. The molecule has 0 unspecified atom stereocenters. The van der Waals surface area contributed by atoms with Gasteiger partial charge in [0.2, 0.25) is 0 Å². The minimum Gasteiger partial charge on any atom is -0.294 e. The Morgan fingerprint density at radius 3 is 2.57 bits per heavy atom. The van der Waals surface area contributed by atoms with Crippen molar-refractivity contribution < 1.29 is 4.79 Å². The first-order valence-corrected chi connectivity index (χ1v) is 7.16. The first kappa shape index (κ1) is 12.4. The van der Waals surface area contributed by atoms with Crippen LogP contribution in [0.4, 0.5) is 0 Å². The molecule has 0 aliphatic carbocycles. The van der Waals surface area contributed by atoms with Crippen molar-refractivity contribution in [1.29, 1.82) is 0 Å². The maximum Gasteiger partial charge on any atom is 0.164 e. The number of carbonyl (C=O) groups excluding carboxylic acids is 1. The molecule has 0 N–H and O–H groups in total. The third-order valence-corrected chi connectivity index (χ3v) is 3.57. The van der Waals surface area contributed by atoms with Gasteiger partial charge in [-0.25, -0.2) is 0 Å². The highest BCUT2D eigenvalue weighted by Gasteiger charge is 2.11. The topological polar surface area (TPSA) is 17.1 Å². The van der Waals surface area contributed by atoms with Crippen molar-refractivity contribution in [2.45, 2.75) is 11.8 Å². The zero-order valence-electron chi connectivity index (χ0n) is 7.40. The minimum atomic E-state index is 0.178. The van der Waals surface area contributed by atoms with Crippen LogP contribution in [0.15, 0.2) is 22.7 Å². The summed E-state index contributed by atoms with van der Waals surface area (Å²) in [5, 5.41) is 1.40. The predicted octanol–water partition coefficient (Wildman–Crippen LogP) is 4.31. The second-order valence-corrected chi connectivity index (χ2v) is 4.97. The number of rotatable bonds is 4. The maximum atomic E-state index is 11.7. The van der Waals surface area contributed by atoms with Gasteiger partial charge in [-0.15, -0.1) is 0 Å². The van der Waals surface area contributed by atoms with E-state index in [2.05, 4.69) is 47.8 Å². The van der Waals surface area contributed by atoms with E-state index in [1.807, 2.05) is 18.2 Å². The standard InChI is InChI=1S/C10H9Br3O/c11-5-4-10(14)7-2-1-3-9(13)8(7)6-12/h1-3H,4-6H2. The van der Waals surface area contributed by atoms with Gasteiger partial charge >= 0.3 is 0 Å². The summed E-state index contributed by atoms with van der Waals surface area (Å²) in [6.45, 7) is 0. The lowest BCUT2D eigenvalue weighted by atomic mass is 10.0. The van der Waals surface area contributed by atoms with Crippen LogP contribution < -0.4 is 0 Å². The lowest BCUT2D eigenvalue weighted by molar-refractivity contribution is 0.0989. The first-order chi connectivity index (χ1) is 6.70. The predicted molar refractivity (Wildman–Crippen MR) is 69.5 cm³/mol. The van der Waals surface area contributed by atoms with E-state index in [4.69, 9.17) is 0 Å². The average molecular weight is 385 g/mol. The van der Waals surface area contributed by atoms with Gasteiger partial charge in [-0.2, -0.15) is 0 Å². The van der Waals surface area contributed by atoms with Crippen molar-refractivity contribution in [3.8, 4) is 0 Å². The van der Waals surface area contributed by atoms with Crippen LogP contribution >= 0.6 is 47.8 Å². The number of halogens is 3. The fourth-order valence-corrected chi connectivity index (χ4v) is 3.02. The van der Waals surface area contributed by atoms with Crippen molar-refractivity contribution in [3.05, 3.63) is 33.8 Å². The van der Waals surface area contributed by atoms with Gasteiger partial charge in [0, 0.05) is 27.1 Å². The van der Waals surface area contributed by atoms with Crippen molar-refractivity contribution in [2.24, 2.45) is 0 Å². The number of ketones is 1. The Bertz CT molecular complexity index is 336. The van der Waals surface area contributed by atoms with E-state index in [1.54, 1.807) is 0 Å². The summed E-state index contributed by atoms with van der Waals surface area (Å²) in [6, 6.07) is 5.70. The molecule has 0 saturated heterocycles. The van der Waals surface area contributed by atoms with Gasteiger partial charge in [-0.3, -0.25) is 4.79 Å². The minimum absolute atomic E-state index is 0.178. The molecule has 0 heterocycles. The van der Waals surface area contributed by atoms with E-state index in [9.17, 15) is 4.79 Å². The van der Waals surface area contributed by atoms with Crippen molar-refractivity contribution in [1.82, 2.24) is 0 Å². The van der Waals surface area contributed by atoms with Crippen LogP contribution in [0.3, 0.4) is 0 Å². The van der Waals surface area contributed by atoms with E-state index in [1.165, 1.54) is 0 Å². The van der Waals surface area contributed by atoms with Crippen LogP contribution in [0.5, 0.6) is 0 Å². The number of Topliss-reactive ketones (excluding diaryl/α,β-unsaturated/α-hetero) is 1. The normalized spacial score (nSPS) is 10.2. The Morgan fingerprint density at radius 1 is 1.29 bits per heavy atom. The van der Waals surface area contributed by atoms with Crippen LogP contribution in [0.1, 0.15) is 22.3 Å². The third kappa shape index (κ3) is 2.91. The lowest BCUT2D eigenvalue weighted by Crippen LogP contribution is -2.03. The Balaban J connectivity index is 3.07. The number of carbonyl (C=O) groups is 1. The van der Waals surface area contributed by atoms with Crippen LogP contribution in [-0.2, 0) is 5.33 Å². The molecule has 0 bridgehead atoms. The Kier molecular flexibility index (Phi) is 5.34. The van der Waals surface area contributed by atoms with Gasteiger partial charge in [0.25, 0.3) is 0 Å². The van der Waals surface area contributed by atoms with Gasteiger partial charge < -0.3 is 0 Å². The van der Waals surface area contributed by atoms with Gasteiger partial charge in [0.15, 0.2) is 5.78 Å². The monoisotopic (exact) mass is 382 g/mol. The molecule has 0 amide bonds. The van der Waals surface area contributed by atoms with Crippen LogP contribution in [0.2, 0.25) is 0 Å². The SMILES string of the molecule is O=C(CCBr)c1cccc(Br)c1CBr. The fourth-order valence-electron chi connectivity index (χ4n) is 1.18. The summed E-state index contributed by atoms with van der Waals surface area (Å²) >= 11 is 10.1. The van der Waals surface area contributed by atoms with Crippen LogP contribution in [0, 0.1) is 0 Å². The molecule has 1 rings (SSSR count). The maximum absolute atomic E-state index is 11.7. The molecule has 0 aliphatic rings. The van der Waals surface area contributed by atoms with E-state index < -0.39 is 0 Å². The van der Waals surface area contributed by atoms with Crippen molar-refractivity contribution in [2.75, 3.05) is 5.33 Å². The molecule has 0 radical (unpaired) electrons. The quantitative estimate of drug-likeness (QED) is 0.558. The van der Waals surface area contributed by atoms with Crippen LogP contribution in [-0.4, -0.2) is 11.1 Å². The summed E-state index contributed by atoms with van der Waals surface area (Å²) in [6.07, 6.45) is 0.538. The second-order valence-electron chi connectivity index (χ2n) is 2.76. The van der Waals surface area contributed by atoms with Crippen molar-refractivity contribution in [3.63, 3.8) is 0 Å². The average Bonchev–Trinajstić information content (AvgIpc) is 2.17. The fraction of sp³-hybridized carbons (Fsp3) is 0.300. The highest BCUT2D eigenvalue weighted by Crippen LogP contribution is 2.24. The molecule has 0 fully saturated rings. The first-order valence-electron chi connectivity index (χ1n) is 4.13. The molecule has 14 heavy (non-hydrogen) atoms. The highest BCUT2D eigenvalue weighted by molar-refractivity contribution is 9.10. The molecule has 0 saturated carbocycles.